The van der Waals surface area contributed by atoms with Crippen molar-refractivity contribution in [2.45, 2.75) is 259 Å². The molecule has 0 aromatic heterocycles. The molecular weight excluding hydrogens is 869 g/mol. The van der Waals surface area contributed by atoms with Crippen molar-refractivity contribution in [3.8, 4) is 0 Å². The lowest BCUT2D eigenvalue weighted by Crippen LogP contribution is -2.34. The van der Waals surface area contributed by atoms with Crippen LogP contribution in [0.4, 0.5) is 0 Å². The van der Waals surface area contributed by atoms with E-state index >= 15 is 0 Å². The lowest BCUT2D eigenvalue weighted by Gasteiger charge is -2.35. The number of carbonyl (C=O) groups is 5. The van der Waals surface area contributed by atoms with Crippen LogP contribution >= 0.6 is 12.2 Å². The second kappa shape index (κ2) is 43.3. The predicted octanol–water partition coefficient (Wildman–Crippen LogP) is 14.3. The Morgan fingerprint density at radius 2 is 0.836 bits per heavy atom. The van der Waals surface area contributed by atoms with Crippen molar-refractivity contribution in [2.24, 2.45) is 23.7 Å². The molecule has 0 bridgehead atoms. The minimum Gasteiger partial charge on any atom is -0.487 e. The van der Waals surface area contributed by atoms with Crippen LogP contribution in [0.15, 0.2) is 0 Å². The van der Waals surface area contributed by atoms with Gasteiger partial charge in [0.15, 0.2) is 5.05 Å². The molecule has 1 aliphatic carbocycles. The maximum Gasteiger partial charge on any atom is 0.306 e. The van der Waals surface area contributed by atoms with Gasteiger partial charge in [-0.05, 0) is 69.0 Å². The number of hydrogen-bond donors (Lipinski definition) is 0. The molecule has 3 unspecified atom stereocenters. The van der Waals surface area contributed by atoms with Gasteiger partial charge in [-0.3, -0.25) is 24.0 Å². The lowest BCUT2D eigenvalue weighted by atomic mass is 9.77. The van der Waals surface area contributed by atoms with E-state index in [-0.39, 0.29) is 74.7 Å². The number of unbranched alkanes of at least 4 members (excludes halogenated alkanes) is 20. The highest BCUT2D eigenvalue weighted by molar-refractivity contribution is 7.80. The Labute approximate surface area is 413 Å². The fourth-order valence-electron chi connectivity index (χ4n) is 8.87. The average molecular weight is 967 g/mol. The number of carbonyl (C=O) groups excluding carboxylic acids is 5. The maximum absolute atomic E-state index is 13.5. The first-order valence-electron chi connectivity index (χ1n) is 27.5. The molecule has 0 N–H and O–H groups in total. The highest BCUT2D eigenvalue weighted by atomic mass is 32.1. The van der Waals surface area contributed by atoms with Gasteiger partial charge in [0.05, 0.1) is 52.3 Å². The van der Waals surface area contributed by atoms with E-state index in [1.54, 1.807) is 0 Å². The molecule has 12 heteroatoms. The third-order valence-corrected chi connectivity index (χ3v) is 13.4. The highest BCUT2D eigenvalue weighted by Crippen LogP contribution is 2.35. The van der Waals surface area contributed by atoms with Crippen LogP contribution in [0.5, 0.6) is 0 Å². The van der Waals surface area contributed by atoms with Gasteiger partial charge >= 0.3 is 29.8 Å². The predicted molar refractivity (Wildman–Crippen MR) is 272 cm³/mol. The summed E-state index contributed by atoms with van der Waals surface area (Å²) in [5.74, 6) is -2.19. The third kappa shape index (κ3) is 35.9. The second-order valence-corrected chi connectivity index (χ2v) is 19.9. The molecule has 0 aromatic carbocycles. The number of rotatable bonds is 44. The zero-order valence-corrected chi connectivity index (χ0v) is 44.2. The summed E-state index contributed by atoms with van der Waals surface area (Å²) >= 11 is 5.73. The van der Waals surface area contributed by atoms with Gasteiger partial charge in [-0.15, -0.1) is 0 Å². The summed E-state index contributed by atoms with van der Waals surface area (Å²) in [6.07, 6.45) is 29.6. The molecule has 0 heterocycles. The summed E-state index contributed by atoms with van der Waals surface area (Å²) in [6, 6.07) is 0. The summed E-state index contributed by atoms with van der Waals surface area (Å²) in [4.78, 5) is 64.7. The van der Waals surface area contributed by atoms with Crippen molar-refractivity contribution in [3.63, 3.8) is 0 Å². The Morgan fingerprint density at radius 1 is 0.433 bits per heavy atom. The average Bonchev–Trinajstić information content (AvgIpc) is 3.31. The number of ether oxygens (including phenoxy) is 6. The van der Waals surface area contributed by atoms with E-state index in [1.807, 2.05) is 0 Å². The van der Waals surface area contributed by atoms with Gasteiger partial charge in [0.25, 0.3) is 0 Å². The van der Waals surface area contributed by atoms with Crippen molar-refractivity contribution in [1.82, 2.24) is 0 Å². The fourth-order valence-corrected chi connectivity index (χ4v) is 9.17. The zero-order chi connectivity index (χ0) is 49.2. The Hall–Kier alpha value is -2.76. The minimum absolute atomic E-state index is 0.0259. The van der Waals surface area contributed by atoms with E-state index in [1.165, 1.54) is 70.6 Å². The Kier molecular flexibility index (Phi) is 40.2. The molecule has 0 amide bonds. The minimum atomic E-state index is -0.544. The van der Waals surface area contributed by atoms with Crippen molar-refractivity contribution in [3.05, 3.63) is 0 Å². The van der Waals surface area contributed by atoms with Crippen molar-refractivity contribution in [1.29, 1.82) is 0 Å². The van der Waals surface area contributed by atoms with E-state index in [2.05, 4.69) is 34.6 Å². The first kappa shape index (κ1) is 62.3. The Morgan fingerprint density at radius 3 is 1.28 bits per heavy atom. The van der Waals surface area contributed by atoms with E-state index < -0.39 is 17.9 Å². The molecule has 11 nitrogen and oxygen atoms in total. The van der Waals surface area contributed by atoms with Crippen LogP contribution in [0.3, 0.4) is 0 Å². The monoisotopic (exact) mass is 967 g/mol. The highest BCUT2D eigenvalue weighted by Gasteiger charge is 2.33. The molecule has 1 rings (SSSR count). The fraction of sp³-hybridized carbons (Fsp3) is 0.891. The van der Waals surface area contributed by atoms with Gasteiger partial charge < -0.3 is 28.4 Å². The second-order valence-electron chi connectivity index (χ2n) is 19.5. The molecule has 390 valence electrons. The van der Waals surface area contributed by atoms with Gasteiger partial charge in [0, 0.05) is 31.1 Å². The summed E-state index contributed by atoms with van der Waals surface area (Å²) in [5.41, 5.74) is 0. The van der Waals surface area contributed by atoms with E-state index in [9.17, 15) is 24.0 Å². The zero-order valence-electron chi connectivity index (χ0n) is 43.4. The molecule has 1 fully saturated rings. The van der Waals surface area contributed by atoms with E-state index in [4.69, 9.17) is 40.6 Å². The van der Waals surface area contributed by atoms with E-state index in [0.717, 1.165) is 103 Å². The van der Waals surface area contributed by atoms with Crippen LogP contribution < -0.4 is 0 Å². The molecular formula is C55H98O11S. The van der Waals surface area contributed by atoms with Gasteiger partial charge in [0.1, 0.15) is 6.10 Å². The summed E-state index contributed by atoms with van der Waals surface area (Å²) in [6.45, 7) is 12.0. The number of esters is 5. The van der Waals surface area contributed by atoms with Crippen LogP contribution in [0, 0.1) is 23.7 Å². The first-order chi connectivity index (χ1) is 32.5. The van der Waals surface area contributed by atoms with Crippen LogP contribution in [-0.4, -0.2) is 74.0 Å². The molecule has 67 heavy (non-hydrogen) atoms. The molecule has 1 aliphatic rings. The van der Waals surface area contributed by atoms with Gasteiger partial charge in [-0.1, -0.05) is 169 Å². The van der Waals surface area contributed by atoms with Crippen LogP contribution in [0.2, 0.25) is 0 Å². The van der Waals surface area contributed by atoms with Crippen LogP contribution in [0.25, 0.3) is 0 Å². The largest absolute Gasteiger partial charge is 0.487 e. The standard InChI is InChI=1S/C55H98O11S/c1-6-11-15-19-23-27-31-50(56)63-42-45(37-52(58)61-35-29-25-21-17-13-8-3)39-54(60)66-49-34-33-47(10-5)48(41-49)44-65-55(67)40-46(38-53(59)62-36-30-26-22-18-14-9-4)43-64-51(57)32-28-24-20-16-12-7-2/h45-49H,6-44H2,1-5H3/t45?,46?,47?,48-,49-/m0/s1. The summed E-state index contributed by atoms with van der Waals surface area (Å²) < 4.78 is 34.7. The normalized spacial score (nSPS) is 16.7. The summed E-state index contributed by atoms with van der Waals surface area (Å²) in [5, 5.41) is 0.354. The number of hydrogen-bond acceptors (Lipinski definition) is 12. The quantitative estimate of drug-likeness (QED) is 0.0248. The molecule has 0 aliphatic heterocycles. The van der Waals surface area contributed by atoms with Crippen LogP contribution in [0.1, 0.15) is 253 Å². The first-order valence-corrected chi connectivity index (χ1v) is 27.9. The Balaban J connectivity index is 2.82. The molecule has 5 atom stereocenters. The van der Waals surface area contributed by atoms with Crippen molar-refractivity contribution >= 4 is 47.1 Å². The molecule has 0 saturated heterocycles. The van der Waals surface area contributed by atoms with Gasteiger partial charge in [-0.25, -0.2) is 0 Å². The molecule has 0 radical (unpaired) electrons. The topological polar surface area (TPSA) is 141 Å². The third-order valence-electron chi connectivity index (χ3n) is 13.1. The molecule has 0 aromatic rings. The summed E-state index contributed by atoms with van der Waals surface area (Å²) in [7, 11) is 0. The Bertz CT molecular complexity index is 1290. The van der Waals surface area contributed by atoms with Crippen molar-refractivity contribution in [2.75, 3.05) is 33.0 Å². The SMILES string of the molecule is CCCCCCCCOC(=O)CC(COC(=O)CCCCCCCC)CC(=O)O[C@H]1CCC(CC)[C@H](COC(=S)CC(COC(=O)CCCCCCCC)CC(=O)OCCCCCCCC)C1. The molecule has 1 saturated carbocycles. The van der Waals surface area contributed by atoms with Gasteiger partial charge in [-0.2, -0.15) is 0 Å². The van der Waals surface area contributed by atoms with Gasteiger partial charge in [0.2, 0.25) is 0 Å². The maximum atomic E-state index is 13.5. The van der Waals surface area contributed by atoms with E-state index in [0.29, 0.717) is 50.1 Å². The van der Waals surface area contributed by atoms with Crippen LogP contribution in [-0.2, 0) is 52.4 Å². The van der Waals surface area contributed by atoms with Crippen molar-refractivity contribution < 1.29 is 52.4 Å². The lowest BCUT2D eigenvalue weighted by molar-refractivity contribution is -0.158. The molecule has 0 spiro atoms. The number of thiocarbonyl (C=S) groups is 1. The smallest absolute Gasteiger partial charge is 0.306 e.